The highest BCUT2D eigenvalue weighted by Gasteiger charge is 2.21. The van der Waals surface area contributed by atoms with Gasteiger partial charge >= 0.3 is 5.97 Å². The van der Waals surface area contributed by atoms with Crippen LogP contribution in [0.3, 0.4) is 0 Å². The fourth-order valence-electron chi connectivity index (χ4n) is 5.02. The minimum atomic E-state index is -0.400. The maximum atomic E-state index is 13.2. The van der Waals surface area contributed by atoms with Gasteiger partial charge in [-0.15, -0.1) is 5.10 Å². The third kappa shape index (κ3) is 7.52. The molecule has 2 bridgehead atoms. The van der Waals surface area contributed by atoms with Gasteiger partial charge in [-0.2, -0.15) is 4.68 Å². The zero-order valence-corrected chi connectivity index (χ0v) is 24.5. The highest BCUT2D eigenvalue weighted by Crippen LogP contribution is 2.31. The Morgan fingerprint density at radius 1 is 1.21 bits per heavy atom. The Labute approximate surface area is 252 Å². The molecule has 0 aliphatic carbocycles. The van der Waals surface area contributed by atoms with E-state index in [2.05, 4.69) is 36.1 Å². The van der Waals surface area contributed by atoms with E-state index in [0.29, 0.717) is 57.4 Å². The minimum Gasteiger partial charge on any atom is -0.469 e. The summed E-state index contributed by atoms with van der Waals surface area (Å²) in [5, 5.41) is 17.9. The largest absolute Gasteiger partial charge is 0.469 e. The molecule has 4 aromatic rings. The van der Waals surface area contributed by atoms with Gasteiger partial charge in [0.1, 0.15) is 12.2 Å². The molecule has 0 unspecified atom stereocenters. The first-order valence-corrected chi connectivity index (χ1v) is 14.2. The van der Waals surface area contributed by atoms with Crippen molar-refractivity contribution in [3.8, 4) is 16.9 Å². The summed E-state index contributed by atoms with van der Waals surface area (Å²) in [5.41, 5.74) is 4.00. The first-order valence-electron chi connectivity index (χ1n) is 13.9. The highest BCUT2D eigenvalue weighted by atomic mass is 35.5. The second kappa shape index (κ2) is 13.4. The lowest BCUT2D eigenvalue weighted by Gasteiger charge is -2.17. The van der Waals surface area contributed by atoms with Gasteiger partial charge in [0.05, 0.1) is 42.8 Å². The van der Waals surface area contributed by atoms with Crippen LogP contribution in [-0.4, -0.2) is 55.1 Å². The predicted octanol–water partition coefficient (Wildman–Crippen LogP) is 4.44. The molecule has 1 aliphatic heterocycles. The lowest BCUT2D eigenvalue weighted by Crippen LogP contribution is -2.28. The molecule has 2 amide bonds. The van der Waals surface area contributed by atoms with Crippen molar-refractivity contribution in [2.45, 2.75) is 45.1 Å². The number of esters is 1. The third-order valence-electron chi connectivity index (χ3n) is 7.19. The molecule has 43 heavy (non-hydrogen) atoms. The average molecular weight is 603 g/mol. The van der Waals surface area contributed by atoms with Gasteiger partial charge in [0.2, 0.25) is 11.8 Å². The van der Waals surface area contributed by atoms with E-state index in [1.165, 1.54) is 24.2 Å². The number of hydrogen-bond acceptors (Lipinski definition) is 8. The number of nitrogens with zero attached hydrogens (tertiary/aromatic N) is 5. The number of anilines is 1. The maximum Gasteiger partial charge on any atom is 0.309 e. The normalized spacial score (nSPS) is 17.2. The van der Waals surface area contributed by atoms with Gasteiger partial charge in [-0.25, -0.2) is 4.98 Å². The summed E-state index contributed by atoms with van der Waals surface area (Å²) in [6, 6.07) is 10.2. The number of tetrazole rings is 1. The second-order valence-electron chi connectivity index (χ2n) is 10.5. The van der Waals surface area contributed by atoms with Crippen LogP contribution in [0.15, 0.2) is 55.0 Å². The SMILES string of the molecule is COC(=O)Cc1ccc2c(c1)NC(=O)C[C@H](C)CCC[C@H](NC(=O)/C=C/c1cc(Cl)ccc1-n1cnnn1)c1ncc-2[nH]1. The molecule has 0 spiro atoms. The molecule has 0 saturated carbocycles. The van der Waals surface area contributed by atoms with E-state index in [9.17, 15) is 14.4 Å². The molecule has 5 rings (SSSR count). The van der Waals surface area contributed by atoms with Crippen molar-refractivity contribution in [1.29, 1.82) is 0 Å². The number of ether oxygens (including phenoxy) is 1. The number of methoxy groups -OCH3 is 1. The van der Waals surface area contributed by atoms with Crippen LogP contribution in [0.1, 0.15) is 55.6 Å². The lowest BCUT2D eigenvalue weighted by atomic mass is 9.97. The van der Waals surface area contributed by atoms with Crippen molar-refractivity contribution in [2.75, 3.05) is 12.4 Å². The number of hydrogen-bond donors (Lipinski definition) is 3. The molecular weight excluding hydrogens is 572 g/mol. The quantitative estimate of drug-likeness (QED) is 0.216. The van der Waals surface area contributed by atoms with Crippen molar-refractivity contribution in [3.05, 3.63) is 77.0 Å². The molecule has 222 valence electrons. The summed E-state index contributed by atoms with van der Waals surface area (Å²) in [7, 11) is 1.34. The summed E-state index contributed by atoms with van der Waals surface area (Å²) in [5.74, 6) is -0.0788. The first kappa shape index (κ1) is 29.6. The van der Waals surface area contributed by atoms with Crippen molar-refractivity contribution >= 4 is 41.1 Å². The zero-order chi connectivity index (χ0) is 30.3. The number of carbonyl (C=O) groups is 3. The van der Waals surface area contributed by atoms with Crippen molar-refractivity contribution in [3.63, 3.8) is 0 Å². The number of carbonyl (C=O) groups excluding carboxylic acids is 3. The summed E-state index contributed by atoms with van der Waals surface area (Å²) in [6.45, 7) is 2.03. The van der Waals surface area contributed by atoms with E-state index in [1.807, 2.05) is 19.1 Å². The summed E-state index contributed by atoms with van der Waals surface area (Å²) < 4.78 is 6.29. The molecule has 0 radical (unpaired) electrons. The van der Waals surface area contributed by atoms with Crippen LogP contribution in [0.2, 0.25) is 5.02 Å². The molecule has 1 aliphatic rings. The monoisotopic (exact) mass is 602 g/mol. The number of benzene rings is 2. The van der Waals surface area contributed by atoms with Crippen molar-refractivity contribution < 1.29 is 19.1 Å². The van der Waals surface area contributed by atoms with Crippen LogP contribution in [0.25, 0.3) is 23.0 Å². The number of nitrogens with one attached hydrogen (secondary N) is 3. The smallest absolute Gasteiger partial charge is 0.309 e. The number of aromatic amines is 1. The minimum absolute atomic E-state index is 0.0817. The van der Waals surface area contributed by atoms with E-state index < -0.39 is 6.04 Å². The molecule has 2 aromatic carbocycles. The number of fused-ring (bicyclic) bond motifs is 4. The van der Waals surface area contributed by atoms with E-state index >= 15 is 0 Å². The molecule has 3 N–H and O–H groups in total. The lowest BCUT2D eigenvalue weighted by molar-refractivity contribution is -0.139. The highest BCUT2D eigenvalue weighted by molar-refractivity contribution is 6.30. The number of aromatic nitrogens is 6. The van der Waals surface area contributed by atoms with Crippen LogP contribution in [0, 0.1) is 5.92 Å². The predicted molar refractivity (Wildman–Crippen MR) is 160 cm³/mol. The molecule has 2 aromatic heterocycles. The van der Waals surface area contributed by atoms with Gasteiger partial charge in [0.25, 0.3) is 0 Å². The summed E-state index contributed by atoms with van der Waals surface area (Å²) in [6.07, 6.45) is 8.84. The second-order valence-corrected chi connectivity index (χ2v) is 10.9. The Balaban J connectivity index is 1.41. The molecular formula is C30H31ClN8O4. The van der Waals surface area contributed by atoms with Gasteiger partial charge in [-0.1, -0.05) is 43.5 Å². The van der Waals surface area contributed by atoms with Gasteiger partial charge in [0.15, 0.2) is 0 Å². The van der Waals surface area contributed by atoms with Crippen LogP contribution < -0.4 is 10.6 Å². The van der Waals surface area contributed by atoms with Crippen molar-refractivity contribution in [2.24, 2.45) is 5.92 Å². The number of imidazole rings is 1. The van der Waals surface area contributed by atoms with Crippen LogP contribution in [0.5, 0.6) is 0 Å². The van der Waals surface area contributed by atoms with E-state index in [-0.39, 0.29) is 30.1 Å². The number of halogens is 1. The van der Waals surface area contributed by atoms with Crippen LogP contribution >= 0.6 is 11.6 Å². The van der Waals surface area contributed by atoms with E-state index in [4.69, 9.17) is 16.3 Å². The number of H-pyrrole nitrogens is 1. The third-order valence-corrected chi connectivity index (χ3v) is 7.42. The number of amides is 2. The first-order chi connectivity index (χ1) is 20.8. The molecule has 12 nitrogen and oxygen atoms in total. The van der Waals surface area contributed by atoms with Gasteiger partial charge in [-0.3, -0.25) is 14.4 Å². The molecule has 2 atom stereocenters. The van der Waals surface area contributed by atoms with Crippen molar-refractivity contribution in [1.82, 2.24) is 35.5 Å². The van der Waals surface area contributed by atoms with Gasteiger partial charge in [0, 0.05) is 28.6 Å². The van der Waals surface area contributed by atoms with Gasteiger partial charge in [-0.05, 0) is 58.7 Å². The Morgan fingerprint density at radius 3 is 2.86 bits per heavy atom. The van der Waals surface area contributed by atoms with Gasteiger partial charge < -0.3 is 20.4 Å². The van der Waals surface area contributed by atoms with Crippen LogP contribution in [-0.2, 0) is 25.5 Å². The van der Waals surface area contributed by atoms with Crippen LogP contribution in [0.4, 0.5) is 5.69 Å². The maximum absolute atomic E-state index is 13.2. The number of rotatable bonds is 6. The Kier molecular flexibility index (Phi) is 9.26. The molecule has 3 heterocycles. The standard InChI is InChI=1S/C30H31ClN8O4/c1-18-4-3-5-23(34-27(40)11-7-20-15-21(31)8-10-26(20)39-17-33-37-38-39)30-32-16-25(36-30)22-9-6-19(14-29(42)43-2)13-24(22)35-28(41)12-18/h6-11,13,15-18,23H,3-5,12,14H2,1-2H3,(H,32,36)(H,34,40)(H,35,41)/b11-7+/t18-,23+/m1/s1. The fraction of sp³-hybridized carbons (Fsp3) is 0.300. The van der Waals surface area contributed by atoms with E-state index in [0.717, 1.165) is 12.8 Å². The Hall–Kier alpha value is -4.84. The Morgan fingerprint density at radius 2 is 2.07 bits per heavy atom. The molecule has 0 fully saturated rings. The Bertz CT molecular complexity index is 1650. The molecule has 0 saturated heterocycles. The topological polar surface area (TPSA) is 157 Å². The fourth-order valence-corrected chi connectivity index (χ4v) is 5.20. The average Bonchev–Trinajstić information content (AvgIpc) is 3.68. The zero-order valence-electron chi connectivity index (χ0n) is 23.7. The summed E-state index contributed by atoms with van der Waals surface area (Å²) in [4.78, 5) is 45.9. The van der Waals surface area contributed by atoms with E-state index in [1.54, 1.807) is 36.5 Å². The summed E-state index contributed by atoms with van der Waals surface area (Å²) >= 11 is 6.21. The molecule has 13 heteroatoms.